The number of carbonyl (C=O) groups excluding carboxylic acids is 1. The van der Waals surface area contributed by atoms with Gasteiger partial charge in [-0.25, -0.2) is 0 Å². The summed E-state index contributed by atoms with van der Waals surface area (Å²) in [6.07, 6.45) is -2.51. The second-order valence-electron chi connectivity index (χ2n) is 9.07. The zero-order valence-electron chi connectivity index (χ0n) is 21.5. The predicted molar refractivity (Wildman–Crippen MR) is 136 cm³/mol. The number of likely N-dealkylation sites (N-methyl/N-ethyl adjacent to an activating group) is 1. The Morgan fingerprint density at radius 3 is 2.24 bits per heavy atom. The molecule has 1 N–H and O–H groups in total. The van der Waals surface area contributed by atoms with Crippen LogP contribution in [0.4, 0.5) is 13.2 Å². The fourth-order valence-electron chi connectivity index (χ4n) is 5.11. The van der Waals surface area contributed by atoms with Gasteiger partial charge in [0.1, 0.15) is 6.04 Å². The molecule has 1 heterocycles. The number of fused-ring (bicyclic) bond motifs is 1. The average Bonchev–Trinajstić information content (AvgIpc) is 2.91. The molecular formula is C29H31ClF3N2O3-. The Labute approximate surface area is 227 Å². The third-order valence-corrected chi connectivity index (χ3v) is 6.97. The Morgan fingerprint density at radius 2 is 1.66 bits per heavy atom. The maximum Gasteiger partial charge on any atom is 0.416 e. The van der Waals surface area contributed by atoms with E-state index in [9.17, 15) is 18.0 Å². The number of methoxy groups -OCH3 is 2. The summed E-state index contributed by atoms with van der Waals surface area (Å²) in [7, 11) is 4.80. The standard InChI is InChI=1S/C29H31F3N2O3.ClH/c1-33-28(35)27(20-7-5-4-6-8-20)34-16-15-21-17-25(36-2)26(37-3)18-23(21)24(34)14-11-19-9-12-22(13-10-19)29(30,31)32;/h4-10,12-13,17-18,24,27H,11,14-16H2,1-3H3,(H,33,35);1H/p-1/t24-,27+;/m0./s1. The van der Waals surface area contributed by atoms with Crippen molar-refractivity contribution in [1.82, 2.24) is 10.2 Å². The van der Waals surface area contributed by atoms with Gasteiger partial charge in [-0.15, -0.1) is 0 Å². The number of carbonyl (C=O) groups is 1. The number of amides is 1. The van der Waals surface area contributed by atoms with Gasteiger partial charge in [-0.2, -0.15) is 13.2 Å². The minimum absolute atomic E-state index is 0. The fraction of sp³-hybridized carbons (Fsp3) is 0.345. The third kappa shape index (κ3) is 6.25. The highest BCUT2D eigenvalue weighted by atomic mass is 35.5. The number of hydrogen-bond acceptors (Lipinski definition) is 4. The van der Waals surface area contributed by atoms with Crippen LogP contribution in [0.25, 0.3) is 0 Å². The number of halogens is 4. The van der Waals surface area contributed by atoms with Crippen molar-refractivity contribution in [3.8, 4) is 11.5 Å². The number of nitrogens with one attached hydrogen (secondary N) is 1. The van der Waals surface area contributed by atoms with E-state index in [4.69, 9.17) is 9.47 Å². The largest absolute Gasteiger partial charge is 1.00 e. The lowest BCUT2D eigenvalue weighted by atomic mass is 9.86. The van der Waals surface area contributed by atoms with Crippen molar-refractivity contribution in [1.29, 1.82) is 0 Å². The number of hydrogen-bond donors (Lipinski definition) is 1. The molecule has 2 atom stereocenters. The van der Waals surface area contributed by atoms with Crippen molar-refractivity contribution in [3.05, 3.63) is 94.5 Å². The molecule has 3 aromatic carbocycles. The predicted octanol–water partition coefficient (Wildman–Crippen LogP) is 2.75. The van der Waals surface area contributed by atoms with Crippen molar-refractivity contribution >= 4 is 5.91 Å². The highest BCUT2D eigenvalue weighted by molar-refractivity contribution is 5.83. The van der Waals surface area contributed by atoms with E-state index >= 15 is 0 Å². The molecule has 5 nitrogen and oxygen atoms in total. The highest BCUT2D eigenvalue weighted by Gasteiger charge is 2.37. The maximum atomic E-state index is 13.2. The number of rotatable bonds is 8. The molecular weight excluding hydrogens is 517 g/mol. The van der Waals surface area contributed by atoms with Gasteiger partial charge in [-0.3, -0.25) is 9.69 Å². The number of ether oxygens (including phenoxy) is 2. The average molecular weight is 548 g/mol. The van der Waals surface area contributed by atoms with Crippen LogP contribution >= 0.6 is 0 Å². The second-order valence-corrected chi connectivity index (χ2v) is 9.07. The van der Waals surface area contributed by atoms with Gasteiger partial charge >= 0.3 is 6.18 Å². The van der Waals surface area contributed by atoms with Crippen molar-refractivity contribution in [2.24, 2.45) is 0 Å². The molecule has 0 saturated heterocycles. The van der Waals surface area contributed by atoms with Gasteiger partial charge in [0.15, 0.2) is 11.5 Å². The van der Waals surface area contributed by atoms with Gasteiger partial charge in [0.2, 0.25) is 5.91 Å². The summed E-state index contributed by atoms with van der Waals surface area (Å²) in [4.78, 5) is 15.4. The molecule has 0 unspecified atom stereocenters. The van der Waals surface area contributed by atoms with Gasteiger partial charge in [0.25, 0.3) is 0 Å². The Balaban J connectivity index is 0.00000400. The molecule has 0 fully saturated rings. The molecule has 0 radical (unpaired) electrons. The number of alkyl halides is 3. The molecule has 38 heavy (non-hydrogen) atoms. The lowest BCUT2D eigenvalue weighted by molar-refractivity contribution is -0.137. The Kier molecular flexibility index (Phi) is 9.68. The summed E-state index contributed by atoms with van der Waals surface area (Å²) >= 11 is 0. The molecule has 1 aliphatic rings. The monoisotopic (exact) mass is 547 g/mol. The Morgan fingerprint density at radius 1 is 1.03 bits per heavy atom. The minimum atomic E-state index is -4.37. The summed E-state index contributed by atoms with van der Waals surface area (Å²) in [5, 5.41) is 2.81. The van der Waals surface area contributed by atoms with Crippen LogP contribution in [0.3, 0.4) is 0 Å². The van der Waals surface area contributed by atoms with Gasteiger partial charge in [0, 0.05) is 19.6 Å². The first-order chi connectivity index (χ1) is 17.8. The first-order valence-corrected chi connectivity index (χ1v) is 12.2. The van der Waals surface area contributed by atoms with Crippen LogP contribution in [0, 0.1) is 0 Å². The van der Waals surface area contributed by atoms with Gasteiger partial charge in [-0.1, -0.05) is 42.5 Å². The number of aryl methyl sites for hydroxylation is 1. The van der Waals surface area contributed by atoms with Gasteiger partial charge in [0.05, 0.1) is 19.8 Å². The fourth-order valence-corrected chi connectivity index (χ4v) is 5.11. The first kappa shape index (κ1) is 29.3. The normalized spacial score (nSPS) is 16.1. The lowest BCUT2D eigenvalue weighted by Crippen LogP contribution is -3.00. The van der Waals surface area contributed by atoms with E-state index in [0.29, 0.717) is 37.3 Å². The van der Waals surface area contributed by atoms with E-state index in [1.54, 1.807) is 21.3 Å². The summed E-state index contributed by atoms with van der Waals surface area (Å²) in [5.41, 5.74) is 3.15. The van der Waals surface area contributed by atoms with E-state index in [-0.39, 0.29) is 24.4 Å². The van der Waals surface area contributed by atoms with Gasteiger partial charge < -0.3 is 27.2 Å². The maximum absolute atomic E-state index is 13.2. The first-order valence-electron chi connectivity index (χ1n) is 12.2. The molecule has 3 aromatic rings. The van der Waals surface area contributed by atoms with Crippen molar-refractivity contribution in [3.63, 3.8) is 0 Å². The van der Waals surface area contributed by atoms with Gasteiger partial charge in [-0.05, 0) is 65.8 Å². The van der Waals surface area contributed by atoms with E-state index in [2.05, 4.69) is 10.2 Å². The lowest BCUT2D eigenvalue weighted by Gasteiger charge is -2.42. The minimum Gasteiger partial charge on any atom is -1.00 e. The quantitative estimate of drug-likeness (QED) is 0.471. The Hall–Kier alpha value is -3.23. The summed E-state index contributed by atoms with van der Waals surface area (Å²) in [5.74, 6) is 1.12. The van der Waals surface area contributed by atoms with E-state index in [1.807, 2.05) is 42.5 Å². The van der Waals surface area contributed by atoms with E-state index in [1.165, 1.54) is 12.1 Å². The van der Waals surface area contributed by atoms with Crippen LogP contribution in [0.2, 0.25) is 0 Å². The molecule has 4 rings (SSSR count). The topological polar surface area (TPSA) is 50.8 Å². The zero-order chi connectivity index (χ0) is 26.6. The smallest absolute Gasteiger partial charge is 0.416 e. The van der Waals surface area contributed by atoms with Crippen LogP contribution < -0.4 is 27.2 Å². The molecule has 1 amide bonds. The Bertz CT molecular complexity index is 1220. The molecule has 0 saturated carbocycles. The van der Waals surface area contributed by atoms with Crippen molar-refractivity contribution in [2.45, 2.75) is 37.5 Å². The van der Waals surface area contributed by atoms with Crippen molar-refractivity contribution < 1.29 is 39.8 Å². The van der Waals surface area contributed by atoms with E-state index in [0.717, 1.165) is 34.4 Å². The molecule has 0 spiro atoms. The van der Waals surface area contributed by atoms with Crippen LogP contribution in [0.1, 0.15) is 46.3 Å². The third-order valence-electron chi connectivity index (χ3n) is 6.97. The molecule has 0 bridgehead atoms. The van der Waals surface area contributed by atoms with E-state index < -0.39 is 17.8 Å². The molecule has 1 aliphatic heterocycles. The van der Waals surface area contributed by atoms with Crippen LogP contribution in [0.5, 0.6) is 11.5 Å². The molecule has 204 valence electrons. The summed E-state index contributed by atoms with van der Waals surface area (Å²) < 4.78 is 50.2. The summed E-state index contributed by atoms with van der Waals surface area (Å²) in [6, 6.07) is 18.2. The molecule has 0 aliphatic carbocycles. The van der Waals surface area contributed by atoms with Crippen LogP contribution in [-0.4, -0.2) is 38.6 Å². The molecule has 9 heteroatoms. The number of nitrogens with zero attached hydrogens (tertiary/aromatic N) is 1. The van der Waals surface area contributed by atoms with Crippen LogP contribution in [0.15, 0.2) is 66.7 Å². The van der Waals surface area contributed by atoms with Crippen molar-refractivity contribution in [2.75, 3.05) is 27.8 Å². The van der Waals surface area contributed by atoms with Crippen LogP contribution in [-0.2, 0) is 23.8 Å². The second kappa shape index (κ2) is 12.5. The SMILES string of the molecule is CNC(=O)[C@@H](c1ccccc1)N1CCc2cc(OC)c(OC)cc2[C@@H]1CCc1ccc(C(F)(F)F)cc1.[Cl-]. The zero-order valence-corrected chi connectivity index (χ0v) is 22.3. The highest BCUT2D eigenvalue weighted by Crippen LogP contribution is 2.43. The number of benzene rings is 3. The summed E-state index contributed by atoms with van der Waals surface area (Å²) in [6.45, 7) is 0.632. The molecule has 0 aromatic heterocycles.